The van der Waals surface area contributed by atoms with Crippen molar-refractivity contribution in [3.63, 3.8) is 0 Å². The van der Waals surface area contributed by atoms with Crippen molar-refractivity contribution in [1.82, 2.24) is 0 Å². The average molecular weight is 353 g/mol. The van der Waals surface area contributed by atoms with Crippen molar-refractivity contribution in [2.75, 3.05) is 0 Å². The standard InChI is InChI=1S/C24H28O2/c1-15-13-20-21(24(5,6)12-11-23(20,3)4)14-19(15)16(2)17-7-9-18(10-8-17)22(25)26/h7-10,13-14H,2,11-12H2,1,3-6H3,(H,25,26)/i7D,8D,9D,10D. The molecule has 1 aliphatic rings. The maximum atomic E-state index is 11.4. The van der Waals surface area contributed by atoms with Crippen molar-refractivity contribution < 1.29 is 15.4 Å². The molecule has 0 radical (unpaired) electrons. The third-order valence-electron chi connectivity index (χ3n) is 5.66. The van der Waals surface area contributed by atoms with Crippen LogP contribution in [0.1, 0.15) is 84.2 Å². The molecule has 3 rings (SSSR count). The van der Waals surface area contributed by atoms with E-state index in [1.54, 1.807) is 0 Å². The Balaban J connectivity index is 2.27. The van der Waals surface area contributed by atoms with Crippen LogP contribution >= 0.6 is 0 Å². The van der Waals surface area contributed by atoms with Gasteiger partial charge < -0.3 is 5.11 Å². The van der Waals surface area contributed by atoms with Gasteiger partial charge in [-0.05, 0) is 76.1 Å². The maximum absolute atomic E-state index is 11.4. The molecular formula is C24H28O2. The molecule has 26 heavy (non-hydrogen) atoms. The van der Waals surface area contributed by atoms with Crippen LogP contribution in [0.5, 0.6) is 0 Å². The highest BCUT2D eigenvalue weighted by atomic mass is 16.4. The molecule has 0 atom stereocenters. The van der Waals surface area contributed by atoms with Crippen molar-refractivity contribution >= 4 is 11.5 Å². The maximum Gasteiger partial charge on any atom is 0.335 e. The quantitative estimate of drug-likeness (QED) is 0.724. The Bertz CT molecular complexity index is 1070. The summed E-state index contributed by atoms with van der Waals surface area (Å²) in [6, 6.07) is 2.35. The lowest BCUT2D eigenvalue weighted by Gasteiger charge is -2.42. The molecule has 0 aliphatic heterocycles. The van der Waals surface area contributed by atoms with Gasteiger partial charge in [0, 0.05) is 0 Å². The number of carbonyl (C=O) groups is 1. The molecule has 0 heterocycles. The van der Waals surface area contributed by atoms with E-state index in [2.05, 4.69) is 46.4 Å². The highest BCUT2D eigenvalue weighted by Gasteiger charge is 2.37. The zero-order valence-electron chi connectivity index (χ0n) is 20.1. The molecule has 0 saturated carbocycles. The molecule has 0 saturated heterocycles. The van der Waals surface area contributed by atoms with Crippen LogP contribution in [-0.4, -0.2) is 11.1 Å². The molecule has 0 bridgehead atoms. The first-order valence-electron chi connectivity index (χ1n) is 10.9. The van der Waals surface area contributed by atoms with Gasteiger partial charge in [0.2, 0.25) is 0 Å². The third-order valence-corrected chi connectivity index (χ3v) is 5.66. The largest absolute Gasteiger partial charge is 0.478 e. The predicted octanol–water partition coefficient (Wildman–Crippen LogP) is 6.10. The van der Waals surface area contributed by atoms with E-state index in [0.717, 1.165) is 24.0 Å². The summed E-state index contributed by atoms with van der Waals surface area (Å²) in [7, 11) is 0. The lowest BCUT2D eigenvalue weighted by Crippen LogP contribution is -2.34. The first-order valence-corrected chi connectivity index (χ1v) is 8.89. The second kappa shape index (κ2) is 6.12. The van der Waals surface area contributed by atoms with E-state index in [9.17, 15) is 9.90 Å². The van der Waals surface area contributed by atoms with Gasteiger partial charge in [0.1, 0.15) is 0 Å². The minimum absolute atomic E-state index is 0.0322. The van der Waals surface area contributed by atoms with Gasteiger partial charge in [-0.2, -0.15) is 0 Å². The molecule has 0 aromatic heterocycles. The minimum atomic E-state index is -1.47. The van der Waals surface area contributed by atoms with Gasteiger partial charge in [0.05, 0.1) is 11.0 Å². The van der Waals surface area contributed by atoms with E-state index in [1.807, 2.05) is 6.92 Å². The van der Waals surface area contributed by atoms with E-state index in [1.165, 1.54) is 11.1 Å². The van der Waals surface area contributed by atoms with Crippen LogP contribution in [0.25, 0.3) is 5.57 Å². The van der Waals surface area contributed by atoms with Crippen molar-refractivity contribution in [2.45, 2.75) is 58.3 Å². The summed E-state index contributed by atoms with van der Waals surface area (Å²) in [5, 5.41) is 9.30. The molecule has 0 amide bonds. The van der Waals surface area contributed by atoms with E-state index < -0.39 is 23.6 Å². The molecule has 2 heteroatoms. The smallest absolute Gasteiger partial charge is 0.335 e. The molecule has 2 nitrogen and oxygen atoms in total. The predicted molar refractivity (Wildman–Crippen MR) is 108 cm³/mol. The Morgan fingerprint density at radius 3 is 1.96 bits per heavy atom. The van der Waals surface area contributed by atoms with Gasteiger partial charge in [-0.3, -0.25) is 0 Å². The van der Waals surface area contributed by atoms with Crippen LogP contribution in [0.3, 0.4) is 0 Å². The van der Waals surface area contributed by atoms with Crippen LogP contribution in [0.2, 0.25) is 0 Å². The molecular weight excluding hydrogens is 320 g/mol. The molecule has 0 unspecified atom stereocenters. The van der Waals surface area contributed by atoms with Crippen LogP contribution in [0.4, 0.5) is 0 Å². The summed E-state index contributed by atoms with van der Waals surface area (Å²) in [5.74, 6) is -1.47. The van der Waals surface area contributed by atoms with E-state index in [-0.39, 0.29) is 28.5 Å². The van der Waals surface area contributed by atoms with Gasteiger partial charge in [0.25, 0.3) is 0 Å². The van der Waals surface area contributed by atoms with Crippen LogP contribution in [0.15, 0.2) is 42.9 Å². The van der Waals surface area contributed by atoms with E-state index in [4.69, 9.17) is 5.48 Å². The first-order chi connectivity index (χ1) is 13.7. The molecule has 1 N–H and O–H groups in total. The number of hydrogen-bond acceptors (Lipinski definition) is 1. The normalized spacial score (nSPS) is 19.6. The Morgan fingerprint density at radius 2 is 1.46 bits per heavy atom. The van der Waals surface area contributed by atoms with E-state index >= 15 is 0 Å². The molecule has 0 spiro atoms. The summed E-state index contributed by atoms with van der Waals surface area (Å²) < 4.78 is 32.8. The SMILES string of the molecule is [2H]c1c([2H])c(C(=O)O)c([2H])c([2H])c1C(=C)c1cc2c(cc1C)C(C)(C)CCC2(C)C. The summed E-state index contributed by atoms with van der Waals surface area (Å²) in [6.07, 6.45) is 2.12. The number of rotatable bonds is 3. The van der Waals surface area contributed by atoms with Gasteiger partial charge in [-0.1, -0.05) is 58.5 Å². The molecule has 1 aliphatic carbocycles. The highest BCUT2D eigenvalue weighted by Crippen LogP contribution is 2.47. The van der Waals surface area contributed by atoms with Crippen LogP contribution < -0.4 is 0 Å². The third kappa shape index (κ3) is 3.09. The van der Waals surface area contributed by atoms with E-state index in [0.29, 0.717) is 5.57 Å². The number of benzene rings is 2. The monoisotopic (exact) mass is 352 g/mol. The number of carboxylic acid groups (broad SMARTS) is 1. The second-order valence-electron chi connectivity index (χ2n) is 8.51. The lowest BCUT2D eigenvalue weighted by atomic mass is 9.62. The lowest BCUT2D eigenvalue weighted by molar-refractivity contribution is 0.0697. The van der Waals surface area contributed by atoms with Crippen molar-refractivity contribution in [3.05, 3.63) is 76.3 Å². The first kappa shape index (κ1) is 13.8. The zero-order chi connectivity index (χ0) is 22.8. The molecule has 136 valence electrons. The Morgan fingerprint density at radius 1 is 1.00 bits per heavy atom. The van der Waals surface area contributed by atoms with Gasteiger partial charge >= 0.3 is 5.97 Å². The fourth-order valence-electron chi connectivity index (χ4n) is 3.75. The van der Waals surface area contributed by atoms with Gasteiger partial charge in [-0.15, -0.1) is 0 Å². The van der Waals surface area contributed by atoms with Crippen LogP contribution in [0, 0.1) is 6.92 Å². The van der Waals surface area contributed by atoms with Gasteiger partial charge in [-0.25, -0.2) is 4.79 Å². The molecule has 2 aromatic carbocycles. The average Bonchev–Trinajstić information content (AvgIpc) is 2.63. The zero-order valence-corrected chi connectivity index (χ0v) is 16.1. The summed E-state index contributed by atoms with van der Waals surface area (Å²) >= 11 is 0. The number of aryl methyl sites for hydroxylation is 1. The van der Waals surface area contributed by atoms with Crippen LogP contribution in [-0.2, 0) is 10.8 Å². The Kier molecular flexibility index (Phi) is 3.25. The Hall–Kier alpha value is -2.35. The number of carboxylic acids is 1. The summed E-state index contributed by atoms with van der Waals surface area (Å²) in [6.45, 7) is 15.0. The summed E-state index contributed by atoms with van der Waals surface area (Å²) in [5.41, 5.74) is 4.03. The molecule has 0 fully saturated rings. The second-order valence-corrected chi connectivity index (χ2v) is 8.51. The van der Waals surface area contributed by atoms with Crippen molar-refractivity contribution in [2.24, 2.45) is 0 Å². The number of aromatic carboxylic acids is 1. The Labute approximate surface area is 162 Å². The number of fused-ring (bicyclic) bond motifs is 1. The minimum Gasteiger partial charge on any atom is -0.478 e. The van der Waals surface area contributed by atoms with Crippen molar-refractivity contribution in [3.8, 4) is 0 Å². The fourth-order valence-corrected chi connectivity index (χ4v) is 3.75. The van der Waals surface area contributed by atoms with Crippen molar-refractivity contribution in [1.29, 1.82) is 0 Å². The fraction of sp³-hybridized carbons (Fsp3) is 0.375. The topological polar surface area (TPSA) is 37.3 Å². The molecule has 2 aromatic rings. The summed E-state index contributed by atoms with van der Waals surface area (Å²) in [4.78, 5) is 11.4. The highest BCUT2D eigenvalue weighted by molar-refractivity contribution is 5.89. The van der Waals surface area contributed by atoms with Gasteiger partial charge in [0.15, 0.2) is 0 Å². The number of hydrogen-bond donors (Lipinski definition) is 1.